The number of likely N-dealkylation sites (N-methyl/N-ethyl adjacent to an activating group) is 1. The molecule has 0 saturated heterocycles. The molecular formula is C28H56NO7P. The summed E-state index contributed by atoms with van der Waals surface area (Å²) >= 11 is 0. The second kappa shape index (κ2) is 22.2. The van der Waals surface area contributed by atoms with Crippen molar-refractivity contribution in [3.05, 3.63) is 12.2 Å². The predicted molar refractivity (Wildman–Crippen MR) is 148 cm³/mol. The SMILES string of the molecule is C/C=C/C(=O)C(OCCCCCCCCCCCCCCCC)C(CO)OP(=O)([O-])OCC[N+](C)(C)C. The van der Waals surface area contributed by atoms with Gasteiger partial charge in [-0.2, -0.15) is 0 Å². The number of carbonyl (C=O) groups excluding carboxylic acids is 1. The molecule has 0 aliphatic heterocycles. The fourth-order valence-corrected chi connectivity index (χ4v) is 4.82. The number of hydrogen-bond donors (Lipinski definition) is 1. The van der Waals surface area contributed by atoms with Crippen LogP contribution in [0.4, 0.5) is 0 Å². The molecule has 0 rings (SSSR count). The van der Waals surface area contributed by atoms with Crippen LogP contribution >= 0.6 is 7.82 Å². The molecule has 0 amide bonds. The minimum absolute atomic E-state index is 0.0597. The maximum absolute atomic E-state index is 12.5. The van der Waals surface area contributed by atoms with E-state index in [1.807, 2.05) is 21.1 Å². The van der Waals surface area contributed by atoms with Crippen LogP contribution < -0.4 is 4.89 Å². The Morgan fingerprint density at radius 2 is 1.38 bits per heavy atom. The molecule has 37 heavy (non-hydrogen) atoms. The van der Waals surface area contributed by atoms with E-state index in [2.05, 4.69) is 6.92 Å². The number of rotatable bonds is 26. The first kappa shape index (κ1) is 36.4. The van der Waals surface area contributed by atoms with E-state index in [9.17, 15) is 19.4 Å². The maximum atomic E-state index is 12.5. The summed E-state index contributed by atoms with van der Waals surface area (Å²) in [6.45, 7) is 3.93. The fourth-order valence-electron chi connectivity index (χ4n) is 3.95. The Labute approximate surface area is 227 Å². The Balaban J connectivity index is 4.28. The largest absolute Gasteiger partial charge is 0.756 e. The summed E-state index contributed by atoms with van der Waals surface area (Å²) in [4.78, 5) is 24.8. The van der Waals surface area contributed by atoms with Gasteiger partial charge in [0.25, 0.3) is 7.82 Å². The minimum atomic E-state index is -4.71. The highest BCUT2D eigenvalue weighted by atomic mass is 31.2. The quantitative estimate of drug-likeness (QED) is 0.0651. The van der Waals surface area contributed by atoms with Gasteiger partial charge in [0, 0.05) is 6.61 Å². The van der Waals surface area contributed by atoms with Crippen LogP contribution in [0.1, 0.15) is 104 Å². The van der Waals surface area contributed by atoms with Crippen molar-refractivity contribution < 1.29 is 37.6 Å². The molecule has 3 atom stereocenters. The highest BCUT2D eigenvalue weighted by Crippen LogP contribution is 2.40. The van der Waals surface area contributed by atoms with Crippen LogP contribution in [0, 0.1) is 0 Å². The van der Waals surface area contributed by atoms with Gasteiger partial charge >= 0.3 is 0 Å². The number of quaternary nitrogens is 1. The third-order valence-corrected chi connectivity index (χ3v) is 7.23. The minimum Gasteiger partial charge on any atom is -0.756 e. The van der Waals surface area contributed by atoms with Gasteiger partial charge in [0.05, 0.1) is 27.7 Å². The molecular weight excluding hydrogens is 493 g/mol. The smallest absolute Gasteiger partial charge is 0.268 e. The van der Waals surface area contributed by atoms with Crippen LogP contribution in [-0.4, -0.2) is 75.1 Å². The van der Waals surface area contributed by atoms with Crippen LogP contribution in [-0.2, 0) is 23.1 Å². The summed E-state index contributed by atoms with van der Waals surface area (Å²) in [7, 11) is 1.02. The van der Waals surface area contributed by atoms with Crippen molar-refractivity contribution in [3.8, 4) is 0 Å². The number of ketones is 1. The lowest BCUT2D eigenvalue weighted by Gasteiger charge is -2.32. The topological polar surface area (TPSA) is 105 Å². The van der Waals surface area contributed by atoms with Crippen molar-refractivity contribution in [2.75, 3.05) is 47.5 Å². The third kappa shape index (κ3) is 22.0. The molecule has 0 aromatic rings. The monoisotopic (exact) mass is 549 g/mol. The molecule has 0 aliphatic rings. The molecule has 3 unspecified atom stereocenters. The standard InChI is InChI=1S/C28H56NO7P/c1-6-8-9-10-11-12-13-14-15-16-17-18-19-20-23-34-28(26(31)21-7-2)27(25-30)36-37(32,33)35-24-22-29(3,4)5/h7,21,27-28,30H,6,8-20,22-25H2,1-5H3/b21-7+. The van der Waals surface area contributed by atoms with E-state index in [0.717, 1.165) is 19.3 Å². The summed E-state index contributed by atoms with van der Waals surface area (Å²) in [5.41, 5.74) is 0. The molecule has 0 fully saturated rings. The second-order valence-electron chi connectivity index (χ2n) is 10.9. The van der Waals surface area contributed by atoms with Crippen molar-refractivity contribution >= 4 is 13.6 Å². The van der Waals surface area contributed by atoms with E-state index in [0.29, 0.717) is 11.0 Å². The maximum Gasteiger partial charge on any atom is 0.268 e. The van der Waals surface area contributed by atoms with Crippen molar-refractivity contribution in [2.45, 2.75) is 116 Å². The highest BCUT2D eigenvalue weighted by molar-refractivity contribution is 7.45. The number of phosphoric ester groups is 1. The first-order valence-electron chi connectivity index (χ1n) is 14.4. The zero-order valence-electron chi connectivity index (χ0n) is 24.3. The highest BCUT2D eigenvalue weighted by Gasteiger charge is 2.31. The number of unbranched alkanes of at least 4 members (excludes halogenated alkanes) is 13. The van der Waals surface area contributed by atoms with Crippen LogP contribution in [0.3, 0.4) is 0 Å². The van der Waals surface area contributed by atoms with E-state index in [-0.39, 0.29) is 13.2 Å². The molecule has 0 radical (unpaired) electrons. The van der Waals surface area contributed by atoms with E-state index in [4.69, 9.17) is 13.8 Å². The summed E-state index contributed by atoms with van der Waals surface area (Å²) in [6.07, 6.45) is 17.6. The molecule has 8 nitrogen and oxygen atoms in total. The number of aliphatic hydroxyl groups is 1. The normalized spacial score (nSPS) is 15.6. The average molecular weight is 550 g/mol. The Kier molecular flexibility index (Phi) is 21.9. The van der Waals surface area contributed by atoms with E-state index in [1.165, 1.54) is 76.7 Å². The van der Waals surface area contributed by atoms with Gasteiger partial charge in [-0.15, -0.1) is 0 Å². The predicted octanol–water partition coefficient (Wildman–Crippen LogP) is 5.57. The van der Waals surface area contributed by atoms with Crippen LogP contribution in [0.5, 0.6) is 0 Å². The summed E-state index contributed by atoms with van der Waals surface area (Å²) < 4.78 is 28.5. The van der Waals surface area contributed by atoms with Gasteiger partial charge in [-0.3, -0.25) is 9.36 Å². The summed E-state index contributed by atoms with van der Waals surface area (Å²) in [6, 6.07) is 0. The Bertz CT molecular complexity index is 637. The van der Waals surface area contributed by atoms with Crippen LogP contribution in [0.25, 0.3) is 0 Å². The number of phosphoric acid groups is 1. The van der Waals surface area contributed by atoms with Gasteiger partial charge in [0.2, 0.25) is 0 Å². The van der Waals surface area contributed by atoms with Gasteiger partial charge in [-0.1, -0.05) is 96.5 Å². The Morgan fingerprint density at radius 3 is 1.81 bits per heavy atom. The summed E-state index contributed by atoms with van der Waals surface area (Å²) in [5.74, 6) is -0.446. The molecule has 0 saturated carbocycles. The molecule has 0 aromatic heterocycles. The average Bonchev–Trinajstić information content (AvgIpc) is 2.81. The molecule has 0 bridgehead atoms. The number of ether oxygens (including phenoxy) is 1. The second-order valence-corrected chi connectivity index (χ2v) is 12.3. The number of nitrogens with zero attached hydrogens (tertiary/aromatic N) is 1. The van der Waals surface area contributed by atoms with Gasteiger partial charge in [0.1, 0.15) is 25.4 Å². The Hall–Kier alpha value is -0.600. The van der Waals surface area contributed by atoms with E-state index < -0.39 is 32.4 Å². The molecule has 9 heteroatoms. The molecule has 0 heterocycles. The first-order chi connectivity index (χ1) is 17.6. The number of hydrogen-bond acceptors (Lipinski definition) is 7. The van der Waals surface area contributed by atoms with E-state index >= 15 is 0 Å². The molecule has 0 aromatic carbocycles. The Morgan fingerprint density at radius 1 is 0.892 bits per heavy atom. The number of aliphatic hydroxyl groups excluding tert-OH is 1. The lowest BCUT2D eigenvalue weighted by Crippen LogP contribution is -2.41. The number of carbonyl (C=O) groups is 1. The summed E-state index contributed by atoms with van der Waals surface area (Å²) in [5, 5.41) is 9.76. The zero-order valence-corrected chi connectivity index (χ0v) is 25.2. The first-order valence-corrected chi connectivity index (χ1v) is 15.9. The lowest BCUT2D eigenvalue weighted by molar-refractivity contribution is -0.870. The van der Waals surface area contributed by atoms with Gasteiger partial charge in [0.15, 0.2) is 5.78 Å². The molecule has 0 spiro atoms. The van der Waals surface area contributed by atoms with Crippen molar-refractivity contribution in [3.63, 3.8) is 0 Å². The van der Waals surface area contributed by atoms with E-state index in [1.54, 1.807) is 13.0 Å². The third-order valence-electron chi connectivity index (χ3n) is 6.20. The van der Waals surface area contributed by atoms with Crippen molar-refractivity contribution in [1.29, 1.82) is 0 Å². The van der Waals surface area contributed by atoms with Gasteiger partial charge in [-0.25, -0.2) is 0 Å². The molecule has 220 valence electrons. The number of allylic oxidation sites excluding steroid dienone is 1. The molecule has 0 aliphatic carbocycles. The van der Waals surface area contributed by atoms with Crippen molar-refractivity contribution in [2.24, 2.45) is 0 Å². The van der Waals surface area contributed by atoms with Crippen LogP contribution in [0.2, 0.25) is 0 Å². The van der Waals surface area contributed by atoms with Gasteiger partial charge in [-0.05, 0) is 19.4 Å². The lowest BCUT2D eigenvalue weighted by atomic mass is 10.0. The molecule has 1 N–H and O–H groups in total. The zero-order chi connectivity index (χ0) is 28.0. The van der Waals surface area contributed by atoms with Crippen LogP contribution in [0.15, 0.2) is 12.2 Å². The van der Waals surface area contributed by atoms with Gasteiger partial charge < -0.3 is 28.3 Å². The van der Waals surface area contributed by atoms with Crippen molar-refractivity contribution in [1.82, 2.24) is 0 Å². The fraction of sp³-hybridized carbons (Fsp3) is 0.893.